The van der Waals surface area contributed by atoms with Gasteiger partial charge in [0, 0.05) is 12.6 Å². The molecular formula is C21H31NO5S. The van der Waals surface area contributed by atoms with Gasteiger partial charge in [-0.2, -0.15) is 8.42 Å². The molecule has 0 radical (unpaired) electrons. The first kappa shape index (κ1) is 21.1. The van der Waals surface area contributed by atoms with Crippen molar-refractivity contribution in [1.29, 1.82) is 0 Å². The van der Waals surface area contributed by atoms with Crippen molar-refractivity contribution in [1.82, 2.24) is 4.90 Å². The Hall–Kier alpha value is -1.60. The van der Waals surface area contributed by atoms with E-state index in [1.807, 2.05) is 32.6 Å². The molecule has 0 unspecified atom stereocenters. The standard InChI is InChI=1S/C21H31NO5S/c1-16-7-9-18(10-8-16)28(24,25)26-13-5-6-17-14-21(11-12-21)15-22(17)19(23)27-20(2,3)4/h7-10,17H,5-6,11-15H2,1-4H3/t17-/m1/s1. The van der Waals surface area contributed by atoms with Crippen molar-refractivity contribution >= 4 is 16.2 Å². The Labute approximate surface area is 168 Å². The number of ether oxygens (including phenoxy) is 1. The number of carbonyl (C=O) groups is 1. The van der Waals surface area contributed by atoms with E-state index < -0.39 is 15.7 Å². The summed E-state index contributed by atoms with van der Waals surface area (Å²) >= 11 is 0. The van der Waals surface area contributed by atoms with E-state index in [-0.39, 0.29) is 29.1 Å². The zero-order chi connectivity index (χ0) is 20.6. The van der Waals surface area contributed by atoms with Gasteiger partial charge in [0.1, 0.15) is 5.60 Å². The average molecular weight is 410 g/mol. The minimum absolute atomic E-state index is 0.0861. The first-order valence-corrected chi connectivity index (χ1v) is 11.4. The van der Waals surface area contributed by atoms with Crippen LogP contribution >= 0.6 is 0 Å². The van der Waals surface area contributed by atoms with E-state index in [1.165, 1.54) is 0 Å². The molecule has 1 aromatic carbocycles. The zero-order valence-corrected chi connectivity index (χ0v) is 18.0. The van der Waals surface area contributed by atoms with Gasteiger partial charge < -0.3 is 9.64 Å². The van der Waals surface area contributed by atoms with Crippen molar-refractivity contribution in [3.8, 4) is 0 Å². The van der Waals surface area contributed by atoms with Gasteiger partial charge in [-0.1, -0.05) is 17.7 Å². The number of hydrogen-bond donors (Lipinski definition) is 0. The predicted molar refractivity (Wildman–Crippen MR) is 107 cm³/mol. The fourth-order valence-electron chi connectivity index (χ4n) is 3.76. The molecule has 2 fully saturated rings. The summed E-state index contributed by atoms with van der Waals surface area (Å²) in [6.45, 7) is 8.37. The molecule has 1 aromatic rings. The second-order valence-electron chi connectivity index (χ2n) is 9.20. The van der Waals surface area contributed by atoms with Crippen LogP contribution in [0.15, 0.2) is 29.2 Å². The number of aryl methyl sites for hydroxylation is 1. The van der Waals surface area contributed by atoms with Crippen LogP contribution in [0.25, 0.3) is 0 Å². The third-order valence-corrected chi connectivity index (χ3v) is 6.76. The summed E-state index contributed by atoms with van der Waals surface area (Å²) in [6, 6.07) is 6.71. The Bertz CT molecular complexity index is 806. The van der Waals surface area contributed by atoms with E-state index in [0.29, 0.717) is 12.8 Å². The lowest BCUT2D eigenvalue weighted by atomic mass is 10.0. The third kappa shape index (κ3) is 5.26. The van der Waals surface area contributed by atoms with Crippen molar-refractivity contribution in [3.63, 3.8) is 0 Å². The Kier molecular flexibility index (Phi) is 5.79. The van der Waals surface area contributed by atoms with Gasteiger partial charge in [0.2, 0.25) is 0 Å². The fraction of sp³-hybridized carbons (Fsp3) is 0.667. The van der Waals surface area contributed by atoms with Gasteiger partial charge in [-0.05, 0) is 77.3 Å². The SMILES string of the molecule is Cc1ccc(S(=O)(=O)OCCC[C@@H]2CC3(CC3)CN2C(=O)OC(C)(C)C)cc1. The van der Waals surface area contributed by atoms with Gasteiger partial charge in [-0.25, -0.2) is 4.79 Å². The van der Waals surface area contributed by atoms with Crippen molar-refractivity contribution in [2.75, 3.05) is 13.2 Å². The Morgan fingerprint density at radius 3 is 2.43 bits per heavy atom. The van der Waals surface area contributed by atoms with Crippen molar-refractivity contribution in [3.05, 3.63) is 29.8 Å². The van der Waals surface area contributed by atoms with Crippen LogP contribution in [-0.2, 0) is 19.0 Å². The smallest absolute Gasteiger partial charge is 0.410 e. The number of likely N-dealkylation sites (tertiary alicyclic amines) is 1. The summed E-state index contributed by atoms with van der Waals surface area (Å²) in [5.74, 6) is 0. The molecule has 28 heavy (non-hydrogen) atoms. The molecule has 3 rings (SSSR count). The lowest BCUT2D eigenvalue weighted by Gasteiger charge is -2.28. The molecule has 1 aliphatic carbocycles. The van der Waals surface area contributed by atoms with E-state index >= 15 is 0 Å². The number of amides is 1. The van der Waals surface area contributed by atoms with Gasteiger partial charge in [-0.3, -0.25) is 4.18 Å². The summed E-state index contributed by atoms with van der Waals surface area (Å²) in [6.07, 6.45) is 4.30. The molecule has 2 aliphatic rings. The van der Waals surface area contributed by atoms with Crippen LogP contribution in [0.1, 0.15) is 58.4 Å². The molecule has 1 saturated heterocycles. The van der Waals surface area contributed by atoms with Crippen LogP contribution in [0.2, 0.25) is 0 Å². The van der Waals surface area contributed by atoms with Crippen LogP contribution < -0.4 is 0 Å². The highest BCUT2D eigenvalue weighted by Gasteiger charge is 2.53. The molecule has 1 aliphatic heterocycles. The Morgan fingerprint density at radius 1 is 1.21 bits per heavy atom. The van der Waals surface area contributed by atoms with Crippen LogP contribution in [0.4, 0.5) is 4.79 Å². The van der Waals surface area contributed by atoms with Gasteiger partial charge in [0.05, 0.1) is 11.5 Å². The van der Waals surface area contributed by atoms with Crippen molar-refractivity contribution in [2.24, 2.45) is 5.41 Å². The first-order valence-electron chi connectivity index (χ1n) is 9.96. The number of hydrogen-bond acceptors (Lipinski definition) is 5. The molecule has 156 valence electrons. The molecule has 1 atom stereocenters. The number of benzene rings is 1. The van der Waals surface area contributed by atoms with E-state index in [2.05, 4.69) is 0 Å². The minimum atomic E-state index is -3.74. The van der Waals surface area contributed by atoms with Crippen molar-refractivity contribution in [2.45, 2.75) is 76.3 Å². The van der Waals surface area contributed by atoms with E-state index in [4.69, 9.17) is 8.92 Å². The van der Waals surface area contributed by atoms with Gasteiger partial charge >= 0.3 is 6.09 Å². The molecule has 1 spiro atoms. The third-order valence-electron chi connectivity index (χ3n) is 5.43. The van der Waals surface area contributed by atoms with E-state index in [9.17, 15) is 13.2 Å². The molecular weight excluding hydrogens is 378 g/mol. The van der Waals surface area contributed by atoms with Gasteiger partial charge in [-0.15, -0.1) is 0 Å². The topological polar surface area (TPSA) is 72.9 Å². The lowest BCUT2D eigenvalue weighted by molar-refractivity contribution is 0.0210. The highest BCUT2D eigenvalue weighted by atomic mass is 32.2. The molecule has 6 nitrogen and oxygen atoms in total. The number of carbonyl (C=O) groups excluding carboxylic acids is 1. The van der Waals surface area contributed by atoms with E-state index in [1.54, 1.807) is 24.3 Å². The summed E-state index contributed by atoms with van der Waals surface area (Å²) < 4.78 is 35.3. The second-order valence-corrected chi connectivity index (χ2v) is 10.8. The molecule has 0 bridgehead atoms. The van der Waals surface area contributed by atoms with Crippen LogP contribution in [0.5, 0.6) is 0 Å². The second kappa shape index (κ2) is 7.67. The maximum absolute atomic E-state index is 12.6. The molecule has 0 N–H and O–H groups in total. The van der Waals surface area contributed by atoms with Crippen LogP contribution in [0, 0.1) is 12.3 Å². The first-order chi connectivity index (χ1) is 13.0. The van der Waals surface area contributed by atoms with Gasteiger partial charge in [0.15, 0.2) is 0 Å². The molecule has 1 heterocycles. The maximum Gasteiger partial charge on any atom is 0.410 e. The summed E-state index contributed by atoms with van der Waals surface area (Å²) in [4.78, 5) is 14.6. The molecule has 1 saturated carbocycles. The zero-order valence-electron chi connectivity index (χ0n) is 17.2. The quantitative estimate of drug-likeness (QED) is 0.518. The van der Waals surface area contributed by atoms with Crippen LogP contribution in [-0.4, -0.2) is 44.2 Å². The van der Waals surface area contributed by atoms with E-state index in [0.717, 1.165) is 31.4 Å². The summed E-state index contributed by atoms with van der Waals surface area (Å²) in [5, 5.41) is 0. The average Bonchev–Trinajstić information content (AvgIpc) is 3.22. The monoisotopic (exact) mass is 409 g/mol. The largest absolute Gasteiger partial charge is 0.444 e. The van der Waals surface area contributed by atoms with Crippen LogP contribution in [0.3, 0.4) is 0 Å². The maximum atomic E-state index is 12.6. The van der Waals surface area contributed by atoms with Gasteiger partial charge in [0.25, 0.3) is 10.1 Å². The Balaban J connectivity index is 1.52. The normalized spacial score (nSPS) is 21.1. The molecule has 1 amide bonds. The summed E-state index contributed by atoms with van der Waals surface area (Å²) in [5.41, 5.74) is 0.735. The molecule has 7 heteroatoms. The highest BCUT2D eigenvalue weighted by Crippen LogP contribution is 2.55. The number of nitrogens with zero attached hydrogens (tertiary/aromatic N) is 1. The minimum Gasteiger partial charge on any atom is -0.444 e. The molecule has 0 aromatic heterocycles. The number of rotatable bonds is 6. The van der Waals surface area contributed by atoms with Crippen molar-refractivity contribution < 1.29 is 22.1 Å². The predicted octanol–water partition coefficient (Wildman–Crippen LogP) is 4.27. The highest BCUT2D eigenvalue weighted by molar-refractivity contribution is 7.86. The summed E-state index contributed by atoms with van der Waals surface area (Å²) in [7, 11) is -3.74. The fourth-order valence-corrected chi connectivity index (χ4v) is 4.70. The lowest BCUT2D eigenvalue weighted by Crippen LogP contribution is -2.40. The Morgan fingerprint density at radius 2 is 1.86 bits per heavy atom.